The number of benzene rings is 1. The van der Waals surface area contributed by atoms with Crippen LogP contribution in [0, 0.1) is 0 Å². The SMILES string of the molecule is O=S(=O)(Cl)/C=C/c1cccc(Br)c1. The highest BCUT2D eigenvalue weighted by molar-refractivity contribution is 9.10. The lowest BCUT2D eigenvalue weighted by Crippen LogP contribution is -1.79. The van der Waals surface area contributed by atoms with E-state index in [4.69, 9.17) is 10.7 Å². The van der Waals surface area contributed by atoms with Gasteiger partial charge in [0, 0.05) is 20.6 Å². The van der Waals surface area contributed by atoms with E-state index in [1.54, 1.807) is 12.1 Å². The van der Waals surface area contributed by atoms with Gasteiger partial charge in [-0.15, -0.1) is 0 Å². The minimum absolute atomic E-state index is 0.776. The maximum Gasteiger partial charge on any atom is 0.254 e. The molecule has 0 spiro atoms. The summed E-state index contributed by atoms with van der Waals surface area (Å²) in [7, 11) is 1.44. The third kappa shape index (κ3) is 4.45. The predicted octanol–water partition coefficient (Wildman–Crippen LogP) is 2.99. The van der Waals surface area contributed by atoms with E-state index in [0.717, 1.165) is 15.4 Å². The third-order valence-electron chi connectivity index (χ3n) is 1.27. The fourth-order valence-electron chi connectivity index (χ4n) is 0.770. The van der Waals surface area contributed by atoms with Gasteiger partial charge in [0.05, 0.1) is 0 Å². The Bertz CT molecular complexity index is 426. The number of rotatable bonds is 2. The Morgan fingerprint density at radius 2 is 2.08 bits per heavy atom. The van der Waals surface area contributed by atoms with Crippen LogP contribution >= 0.6 is 26.6 Å². The minimum Gasteiger partial charge on any atom is -0.208 e. The van der Waals surface area contributed by atoms with Gasteiger partial charge in [-0.25, -0.2) is 8.42 Å². The van der Waals surface area contributed by atoms with Crippen LogP contribution in [0.25, 0.3) is 6.08 Å². The first-order valence-corrected chi connectivity index (χ1v) is 6.52. The molecule has 1 aromatic rings. The van der Waals surface area contributed by atoms with Crippen LogP contribution < -0.4 is 0 Å². The summed E-state index contributed by atoms with van der Waals surface area (Å²) in [6.07, 6.45) is 1.44. The lowest BCUT2D eigenvalue weighted by atomic mass is 10.2. The van der Waals surface area contributed by atoms with Crippen LogP contribution in [0.4, 0.5) is 0 Å². The average molecular weight is 282 g/mol. The molecule has 0 heterocycles. The zero-order chi connectivity index (χ0) is 9.90. The molecule has 0 aliphatic rings. The van der Waals surface area contributed by atoms with Crippen molar-refractivity contribution in [1.82, 2.24) is 0 Å². The maximum atomic E-state index is 10.6. The normalized spacial score (nSPS) is 12.2. The molecule has 2 nitrogen and oxygen atoms in total. The molecule has 13 heavy (non-hydrogen) atoms. The zero-order valence-corrected chi connectivity index (χ0v) is 9.60. The maximum absolute atomic E-state index is 10.6. The summed E-state index contributed by atoms with van der Waals surface area (Å²) in [4.78, 5) is 0. The molecule has 0 aliphatic carbocycles. The second kappa shape index (κ2) is 4.26. The second-order valence-electron chi connectivity index (χ2n) is 2.33. The molecule has 0 N–H and O–H groups in total. The molecule has 1 rings (SSSR count). The predicted molar refractivity (Wildman–Crippen MR) is 57.9 cm³/mol. The summed E-state index contributed by atoms with van der Waals surface area (Å²) < 4.78 is 22.0. The summed E-state index contributed by atoms with van der Waals surface area (Å²) in [5, 5.41) is 0.955. The standard InChI is InChI=1S/C8H6BrClO2S/c9-8-3-1-2-7(6-8)4-5-13(10,11)12/h1-6H/b5-4+. The molecule has 0 saturated heterocycles. The van der Waals surface area contributed by atoms with Gasteiger partial charge in [0.15, 0.2) is 0 Å². The summed E-state index contributed by atoms with van der Waals surface area (Å²) in [5.41, 5.74) is 0.776. The Kier molecular flexibility index (Phi) is 3.53. The van der Waals surface area contributed by atoms with Gasteiger partial charge < -0.3 is 0 Å². The Labute approximate surface area is 89.8 Å². The van der Waals surface area contributed by atoms with Gasteiger partial charge in [-0.3, -0.25) is 0 Å². The van der Waals surface area contributed by atoms with Crippen molar-refractivity contribution in [3.63, 3.8) is 0 Å². The van der Waals surface area contributed by atoms with Crippen LogP contribution in [-0.4, -0.2) is 8.42 Å². The molecule has 0 atom stereocenters. The highest BCUT2D eigenvalue weighted by Crippen LogP contribution is 2.13. The summed E-state index contributed by atoms with van der Waals surface area (Å²) >= 11 is 3.27. The van der Waals surface area contributed by atoms with E-state index in [-0.39, 0.29) is 0 Å². The molecule has 0 unspecified atom stereocenters. The smallest absolute Gasteiger partial charge is 0.208 e. The first-order chi connectivity index (χ1) is 5.97. The highest BCUT2D eigenvalue weighted by Gasteiger charge is 1.96. The Morgan fingerprint density at radius 1 is 1.38 bits per heavy atom. The number of halogens is 2. The molecule has 0 amide bonds. The van der Waals surface area contributed by atoms with Gasteiger partial charge in [0.25, 0.3) is 9.05 Å². The Hall–Kier alpha value is -0.320. The third-order valence-corrected chi connectivity index (χ3v) is 2.53. The molecular weight excluding hydrogens is 276 g/mol. The van der Waals surface area contributed by atoms with Gasteiger partial charge in [-0.05, 0) is 23.8 Å². The first kappa shape index (κ1) is 10.8. The fourth-order valence-corrected chi connectivity index (χ4v) is 1.66. The molecule has 0 saturated carbocycles. The molecule has 0 aromatic heterocycles. The van der Waals surface area contributed by atoms with Gasteiger partial charge in [-0.1, -0.05) is 28.1 Å². The summed E-state index contributed by atoms with van der Waals surface area (Å²) in [6, 6.07) is 7.24. The van der Waals surface area contributed by atoms with E-state index in [1.807, 2.05) is 12.1 Å². The quantitative estimate of drug-likeness (QED) is 0.781. The monoisotopic (exact) mass is 280 g/mol. The lowest BCUT2D eigenvalue weighted by Gasteiger charge is -1.92. The van der Waals surface area contributed by atoms with E-state index < -0.39 is 9.05 Å². The molecule has 0 bridgehead atoms. The van der Waals surface area contributed by atoms with Crippen molar-refractivity contribution in [3.8, 4) is 0 Å². The van der Waals surface area contributed by atoms with Crippen molar-refractivity contribution >= 4 is 41.7 Å². The zero-order valence-electron chi connectivity index (χ0n) is 6.44. The van der Waals surface area contributed by atoms with Crippen molar-refractivity contribution in [2.45, 2.75) is 0 Å². The van der Waals surface area contributed by atoms with Crippen LogP contribution in [0.2, 0.25) is 0 Å². The fraction of sp³-hybridized carbons (Fsp3) is 0. The second-order valence-corrected chi connectivity index (χ2v) is 5.76. The van der Waals surface area contributed by atoms with Crippen molar-refractivity contribution in [1.29, 1.82) is 0 Å². The first-order valence-electron chi connectivity index (χ1n) is 3.36. The van der Waals surface area contributed by atoms with E-state index >= 15 is 0 Å². The van der Waals surface area contributed by atoms with Crippen molar-refractivity contribution in [2.75, 3.05) is 0 Å². The largest absolute Gasteiger partial charge is 0.254 e. The lowest BCUT2D eigenvalue weighted by molar-refractivity contribution is 0.617. The van der Waals surface area contributed by atoms with Crippen LogP contribution in [-0.2, 0) is 9.05 Å². The van der Waals surface area contributed by atoms with Gasteiger partial charge in [0.2, 0.25) is 0 Å². The Balaban J connectivity index is 2.93. The molecule has 0 fully saturated rings. The van der Waals surface area contributed by atoms with Crippen LogP contribution in [0.15, 0.2) is 34.1 Å². The van der Waals surface area contributed by atoms with Gasteiger partial charge in [0.1, 0.15) is 0 Å². The van der Waals surface area contributed by atoms with E-state index in [0.29, 0.717) is 0 Å². The van der Waals surface area contributed by atoms with Crippen molar-refractivity contribution < 1.29 is 8.42 Å². The molecule has 70 valence electrons. The van der Waals surface area contributed by atoms with Crippen LogP contribution in [0.5, 0.6) is 0 Å². The topological polar surface area (TPSA) is 34.1 Å². The van der Waals surface area contributed by atoms with E-state index in [2.05, 4.69) is 15.9 Å². The van der Waals surface area contributed by atoms with E-state index in [9.17, 15) is 8.42 Å². The Morgan fingerprint density at radius 3 is 2.62 bits per heavy atom. The number of hydrogen-bond acceptors (Lipinski definition) is 2. The van der Waals surface area contributed by atoms with Gasteiger partial charge >= 0.3 is 0 Å². The van der Waals surface area contributed by atoms with Crippen LogP contribution in [0.1, 0.15) is 5.56 Å². The average Bonchev–Trinajstić information content (AvgIpc) is 2.00. The van der Waals surface area contributed by atoms with E-state index in [1.165, 1.54) is 6.08 Å². The summed E-state index contributed by atoms with van der Waals surface area (Å²) in [6.45, 7) is 0. The van der Waals surface area contributed by atoms with Crippen LogP contribution in [0.3, 0.4) is 0 Å². The van der Waals surface area contributed by atoms with Crippen molar-refractivity contribution in [3.05, 3.63) is 39.7 Å². The highest BCUT2D eigenvalue weighted by atomic mass is 79.9. The minimum atomic E-state index is -3.56. The van der Waals surface area contributed by atoms with Gasteiger partial charge in [-0.2, -0.15) is 0 Å². The molecule has 1 aromatic carbocycles. The van der Waals surface area contributed by atoms with Crippen molar-refractivity contribution in [2.24, 2.45) is 0 Å². The summed E-state index contributed by atoms with van der Waals surface area (Å²) in [5.74, 6) is 0. The number of hydrogen-bond donors (Lipinski definition) is 0. The molecular formula is C8H6BrClO2S. The molecule has 0 radical (unpaired) electrons. The molecule has 5 heteroatoms. The molecule has 0 aliphatic heterocycles.